The third-order valence-electron chi connectivity index (χ3n) is 5.64. The third kappa shape index (κ3) is 4.29. The molecule has 6 nitrogen and oxygen atoms in total. The molecule has 3 heterocycles. The van der Waals surface area contributed by atoms with Crippen molar-refractivity contribution < 1.29 is 31.3 Å². The van der Waals surface area contributed by atoms with Gasteiger partial charge in [0, 0.05) is 5.41 Å². The molecule has 0 saturated heterocycles. The van der Waals surface area contributed by atoms with Crippen LogP contribution in [0, 0.1) is 11.6 Å². The predicted octanol–water partition coefficient (Wildman–Crippen LogP) is 6.69. The molecule has 190 valence electrons. The Hall–Kier alpha value is -3.64. The molecular formula is C24H14ClF5N4O2S. The minimum absolute atomic E-state index is 0.00175. The number of nitrogens with zero attached hydrogens (tertiary/aromatic N) is 3. The van der Waals surface area contributed by atoms with Crippen LogP contribution >= 0.6 is 23.4 Å². The number of alkyl halides is 3. The van der Waals surface area contributed by atoms with Gasteiger partial charge in [-0.15, -0.1) is 0 Å². The Labute approximate surface area is 215 Å². The van der Waals surface area contributed by atoms with E-state index < -0.39 is 33.9 Å². The van der Waals surface area contributed by atoms with Gasteiger partial charge < -0.3 is 9.84 Å². The molecule has 37 heavy (non-hydrogen) atoms. The second-order valence-electron chi connectivity index (χ2n) is 8.10. The standard InChI is InChI=1S/C24H14ClF5N4O2S/c1-23(32-13(10-35)11-37-23)19-20(18-16(25)6-3-7-17(18)27)33-36-21(19)15-9-31-34(22(15)24(28,29)30)14-5-2-4-12(26)8-14/h2-11,32H,1H3. The molecule has 1 atom stereocenters. The van der Waals surface area contributed by atoms with Crippen molar-refractivity contribution in [3.63, 3.8) is 0 Å². The van der Waals surface area contributed by atoms with E-state index in [4.69, 9.17) is 16.1 Å². The molecule has 0 spiro atoms. The number of carbonyl (C=O) groups is 1. The number of hydrogen-bond donors (Lipinski definition) is 1. The summed E-state index contributed by atoms with van der Waals surface area (Å²) in [6.45, 7) is 1.57. The topological polar surface area (TPSA) is 73.0 Å². The fourth-order valence-electron chi connectivity index (χ4n) is 4.10. The summed E-state index contributed by atoms with van der Waals surface area (Å²) < 4.78 is 78.0. The molecule has 0 bridgehead atoms. The van der Waals surface area contributed by atoms with E-state index in [0.29, 0.717) is 11.0 Å². The first-order chi connectivity index (χ1) is 17.5. The number of nitrogens with one attached hydrogen (secondary N) is 1. The van der Waals surface area contributed by atoms with Gasteiger partial charge in [0.15, 0.2) is 17.7 Å². The maximum Gasteiger partial charge on any atom is 0.434 e. The van der Waals surface area contributed by atoms with Crippen molar-refractivity contribution in [1.82, 2.24) is 20.3 Å². The van der Waals surface area contributed by atoms with Crippen LogP contribution in [-0.2, 0) is 15.8 Å². The van der Waals surface area contributed by atoms with Gasteiger partial charge in [-0.1, -0.05) is 40.7 Å². The first kappa shape index (κ1) is 25.0. The number of benzene rings is 2. The number of halogens is 6. The molecule has 1 aliphatic rings. The van der Waals surface area contributed by atoms with Gasteiger partial charge in [0.05, 0.1) is 39.3 Å². The lowest BCUT2D eigenvalue weighted by atomic mass is 9.96. The van der Waals surface area contributed by atoms with Crippen molar-refractivity contribution in [3.8, 4) is 28.3 Å². The monoisotopic (exact) mass is 552 g/mol. The summed E-state index contributed by atoms with van der Waals surface area (Å²) >= 11 is 7.31. The largest absolute Gasteiger partial charge is 0.434 e. The highest BCUT2D eigenvalue weighted by atomic mass is 35.5. The smallest absolute Gasteiger partial charge is 0.364 e. The van der Waals surface area contributed by atoms with E-state index >= 15 is 0 Å². The number of aldehydes is 1. The molecule has 2 aromatic carbocycles. The van der Waals surface area contributed by atoms with Gasteiger partial charge in [-0.3, -0.25) is 4.79 Å². The summed E-state index contributed by atoms with van der Waals surface area (Å²) in [7, 11) is 0. The maximum atomic E-state index is 14.9. The zero-order valence-electron chi connectivity index (χ0n) is 18.6. The zero-order valence-corrected chi connectivity index (χ0v) is 20.2. The van der Waals surface area contributed by atoms with E-state index in [-0.39, 0.29) is 39.0 Å². The van der Waals surface area contributed by atoms with E-state index in [1.807, 2.05) is 0 Å². The van der Waals surface area contributed by atoms with E-state index in [0.717, 1.165) is 36.2 Å². The third-order valence-corrected chi connectivity index (χ3v) is 7.10. The van der Waals surface area contributed by atoms with Crippen LogP contribution in [0.5, 0.6) is 0 Å². The van der Waals surface area contributed by atoms with Crippen LogP contribution in [0.25, 0.3) is 28.3 Å². The molecule has 5 rings (SSSR count). The Morgan fingerprint density at radius 3 is 2.59 bits per heavy atom. The highest BCUT2D eigenvalue weighted by Gasteiger charge is 2.45. The van der Waals surface area contributed by atoms with E-state index in [2.05, 4.69) is 15.6 Å². The average Bonchev–Trinajstić information content (AvgIpc) is 3.55. The number of rotatable bonds is 5. The predicted molar refractivity (Wildman–Crippen MR) is 127 cm³/mol. The average molecular weight is 553 g/mol. The minimum atomic E-state index is -4.97. The van der Waals surface area contributed by atoms with Gasteiger partial charge in [0.1, 0.15) is 22.2 Å². The number of thioether (sulfide) groups is 1. The van der Waals surface area contributed by atoms with Crippen molar-refractivity contribution in [2.75, 3.05) is 0 Å². The van der Waals surface area contributed by atoms with Gasteiger partial charge in [0.25, 0.3) is 0 Å². The van der Waals surface area contributed by atoms with E-state index in [1.165, 1.54) is 29.7 Å². The van der Waals surface area contributed by atoms with Crippen LogP contribution in [0.2, 0.25) is 5.02 Å². The first-order valence-corrected chi connectivity index (χ1v) is 11.8. The summed E-state index contributed by atoms with van der Waals surface area (Å²) in [6, 6.07) is 8.37. The van der Waals surface area contributed by atoms with Crippen molar-refractivity contribution in [3.05, 3.63) is 87.7 Å². The number of aromatic nitrogens is 3. The molecule has 2 aromatic heterocycles. The molecule has 1 aliphatic heterocycles. The first-order valence-electron chi connectivity index (χ1n) is 10.5. The van der Waals surface area contributed by atoms with Gasteiger partial charge >= 0.3 is 6.18 Å². The van der Waals surface area contributed by atoms with Gasteiger partial charge in [-0.25, -0.2) is 13.5 Å². The second-order valence-corrected chi connectivity index (χ2v) is 9.79. The number of allylic oxidation sites excluding steroid dienone is 1. The normalized spacial score (nSPS) is 17.5. The Balaban J connectivity index is 1.80. The van der Waals surface area contributed by atoms with Crippen LogP contribution in [-0.4, -0.2) is 21.2 Å². The maximum absolute atomic E-state index is 14.9. The van der Waals surface area contributed by atoms with Gasteiger partial charge in [0.2, 0.25) is 0 Å². The zero-order chi connectivity index (χ0) is 26.5. The highest BCUT2D eigenvalue weighted by molar-refractivity contribution is 8.03. The quantitative estimate of drug-likeness (QED) is 0.220. The molecule has 0 radical (unpaired) electrons. The summed E-state index contributed by atoms with van der Waals surface area (Å²) in [6.07, 6.45) is -3.53. The number of carbonyl (C=O) groups excluding carboxylic acids is 1. The fraction of sp³-hybridized carbons (Fsp3) is 0.125. The number of hydrogen-bond acceptors (Lipinski definition) is 6. The van der Waals surface area contributed by atoms with Crippen LogP contribution in [0.1, 0.15) is 18.2 Å². The molecule has 0 amide bonds. The molecule has 1 unspecified atom stereocenters. The second kappa shape index (κ2) is 9.03. The molecule has 0 saturated carbocycles. The summed E-state index contributed by atoms with van der Waals surface area (Å²) in [5.41, 5.74) is -2.17. The molecule has 4 aromatic rings. The fourth-order valence-corrected chi connectivity index (χ4v) is 5.31. The minimum Gasteiger partial charge on any atom is -0.364 e. The summed E-state index contributed by atoms with van der Waals surface area (Å²) in [4.78, 5) is 10.1. The lowest BCUT2D eigenvalue weighted by molar-refractivity contribution is -0.142. The molecule has 0 fully saturated rings. The van der Waals surface area contributed by atoms with Crippen molar-refractivity contribution in [2.45, 2.75) is 18.0 Å². The van der Waals surface area contributed by atoms with Crippen LogP contribution in [0.3, 0.4) is 0 Å². The van der Waals surface area contributed by atoms with Crippen molar-refractivity contribution in [1.29, 1.82) is 0 Å². The Morgan fingerprint density at radius 1 is 1.19 bits per heavy atom. The molecule has 1 N–H and O–H groups in total. The van der Waals surface area contributed by atoms with Crippen LogP contribution in [0.15, 0.2) is 64.3 Å². The Kier molecular flexibility index (Phi) is 6.11. The Bertz CT molecular complexity index is 1540. The molecular weight excluding hydrogens is 539 g/mol. The summed E-state index contributed by atoms with van der Waals surface area (Å²) in [5, 5.41) is 12.1. The van der Waals surface area contributed by atoms with E-state index in [1.54, 1.807) is 6.92 Å². The molecule has 0 aliphatic carbocycles. The van der Waals surface area contributed by atoms with Gasteiger partial charge in [-0.2, -0.15) is 18.3 Å². The van der Waals surface area contributed by atoms with Crippen molar-refractivity contribution >= 4 is 29.6 Å². The van der Waals surface area contributed by atoms with Gasteiger partial charge in [-0.05, 0) is 37.3 Å². The summed E-state index contributed by atoms with van der Waals surface area (Å²) in [5.74, 6) is -1.92. The van der Waals surface area contributed by atoms with Crippen LogP contribution in [0.4, 0.5) is 22.0 Å². The van der Waals surface area contributed by atoms with Crippen molar-refractivity contribution in [2.24, 2.45) is 0 Å². The van der Waals surface area contributed by atoms with Crippen LogP contribution < -0.4 is 5.32 Å². The SMILES string of the molecule is CC1(c2c(-c3c(F)cccc3Cl)noc2-c2cnn(-c3cccc(F)c3)c2C(F)(F)F)NC(C=O)=CS1. The Morgan fingerprint density at radius 2 is 1.95 bits per heavy atom. The lowest BCUT2D eigenvalue weighted by Crippen LogP contribution is -2.32. The lowest BCUT2D eigenvalue weighted by Gasteiger charge is -2.26. The highest BCUT2D eigenvalue weighted by Crippen LogP contribution is 2.51. The van der Waals surface area contributed by atoms with E-state index in [9.17, 15) is 26.7 Å². The molecule has 13 heteroatoms.